The van der Waals surface area contributed by atoms with Crippen LogP contribution >= 0.6 is 0 Å². The number of halogens is 1. The molecule has 122 valence electrons. The third-order valence-electron chi connectivity index (χ3n) is 5.22. The van der Waals surface area contributed by atoms with E-state index in [2.05, 4.69) is 6.92 Å². The molecule has 2 aromatic carbocycles. The summed E-state index contributed by atoms with van der Waals surface area (Å²) in [6, 6.07) is 14.8. The topological polar surface area (TPSA) is 20.2 Å². The van der Waals surface area contributed by atoms with Crippen LogP contribution in [0.1, 0.15) is 51.0 Å². The molecule has 0 aromatic heterocycles. The summed E-state index contributed by atoms with van der Waals surface area (Å²) in [5.41, 5.74) is 1.33. The minimum atomic E-state index is -0.861. The van der Waals surface area contributed by atoms with Gasteiger partial charge in [-0.3, -0.25) is 0 Å². The van der Waals surface area contributed by atoms with E-state index in [4.69, 9.17) is 0 Å². The monoisotopic (exact) mass is 312 g/mol. The van der Waals surface area contributed by atoms with Gasteiger partial charge in [0.2, 0.25) is 0 Å². The summed E-state index contributed by atoms with van der Waals surface area (Å²) in [6.45, 7) is 2.21. The Hall–Kier alpha value is -1.67. The van der Waals surface area contributed by atoms with Crippen LogP contribution in [0.3, 0.4) is 0 Å². The zero-order valence-electron chi connectivity index (χ0n) is 13.8. The standard InChI is InChI=1S/C21H25FO/c1-2-6-16-11-13-21(23,14-12-16)18-9-10-19(20(22)15-18)17-7-4-3-5-8-17/h3-5,7-10,15-16,23H,2,6,11-14H2,1H3. The van der Waals surface area contributed by atoms with Crippen molar-refractivity contribution >= 4 is 0 Å². The van der Waals surface area contributed by atoms with Crippen molar-refractivity contribution in [3.05, 3.63) is 59.9 Å². The fourth-order valence-corrected chi connectivity index (χ4v) is 3.80. The van der Waals surface area contributed by atoms with Gasteiger partial charge in [-0.05, 0) is 48.8 Å². The zero-order chi connectivity index (χ0) is 16.3. The number of rotatable bonds is 4. The molecule has 2 heteroatoms. The second-order valence-corrected chi connectivity index (χ2v) is 6.82. The summed E-state index contributed by atoms with van der Waals surface area (Å²) in [7, 11) is 0. The molecule has 1 aliphatic rings. The van der Waals surface area contributed by atoms with Gasteiger partial charge in [-0.15, -0.1) is 0 Å². The van der Waals surface area contributed by atoms with E-state index in [0.717, 1.165) is 36.8 Å². The number of hydrogen-bond donors (Lipinski definition) is 1. The Kier molecular flexibility index (Phi) is 4.82. The molecule has 1 nitrogen and oxygen atoms in total. The predicted molar refractivity (Wildman–Crippen MR) is 92.6 cm³/mol. The van der Waals surface area contributed by atoms with Crippen LogP contribution in [-0.2, 0) is 5.60 Å². The molecule has 23 heavy (non-hydrogen) atoms. The summed E-state index contributed by atoms with van der Waals surface area (Å²) in [6.07, 6.45) is 5.98. The minimum absolute atomic E-state index is 0.252. The molecular formula is C21H25FO. The van der Waals surface area contributed by atoms with Gasteiger partial charge in [0.05, 0.1) is 5.60 Å². The Labute approximate surface area is 138 Å². The fraction of sp³-hybridized carbons (Fsp3) is 0.429. The van der Waals surface area contributed by atoms with Crippen molar-refractivity contribution < 1.29 is 9.50 Å². The Morgan fingerprint density at radius 1 is 1.09 bits per heavy atom. The maximum absolute atomic E-state index is 14.5. The molecule has 0 atom stereocenters. The second kappa shape index (κ2) is 6.84. The molecule has 0 aliphatic heterocycles. The second-order valence-electron chi connectivity index (χ2n) is 6.82. The lowest BCUT2D eigenvalue weighted by atomic mass is 9.74. The highest BCUT2D eigenvalue weighted by Crippen LogP contribution is 2.41. The van der Waals surface area contributed by atoms with Crippen LogP contribution in [-0.4, -0.2) is 5.11 Å². The minimum Gasteiger partial charge on any atom is -0.385 e. The molecule has 1 saturated carbocycles. The lowest BCUT2D eigenvalue weighted by Crippen LogP contribution is -2.31. The first-order valence-corrected chi connectivity index (χ1v) is 8.70. The van der Waals surface area contributed by atoms with E-state index < -0.39 is 5.60 Å². The van der Waals surface area contributed by atoms with Gasteiger partial charge in [-0.1, -0.05) is 62.2 Å². The number of benzene rings is 2. The normalized spacial score (nSPS) is 24.6. The van der Waals surface area contributed by atoms with E-state index in [1.54, 1.807) is 6.07 Å². The molecule has 0 amide bonds. The van der Waals surface area contributed by atoms with Gasteiger partial charge in [0.15, 0.2) is 0 Å². The van der Waals surface area contributed by atoms with E-state index in [1.165, 1.54) is 18.9 Å². The van der Waals surface area contributed by atoms with Crippen LogP contribution in [0.5, 0.6) is 0 Å². The van der Waals surface area contributed by atoms with Gasteiger partial charge in [0, 0.05) is 5.56 Å². The van der Waals surface area contributed by atoms with Crippen molar-refractivity contribution in [2.45, 2.75) is 51.0 Å². The van der Waals surface area contributed by atoms with E-state index in [9.17, 15) is 9.50 Å². The SMILES string of the molecule is CCCC1CCC(O)(c2ccc(-c3ccccc3)c(F)c2)CC1. The van der Waals surface area contributed by atoms with Gasteiger partial charge in [0.25, 0.3) is 0 Å². The van der Waals surface area contributed by atoms with Crippen molar-refractivity contribution in [2.75, 3.05) is 0 Å². The molecule has 0 unspecified atom stereocenters. The Bertz CT molecular complexity index is 642. The summed E-state index contributed by atoms with van der Waals surface area (Å²) in [5.74, 6) is 0.464. The van der Waals surface area contributed by atoms with Crippen molar-refractivity contribution in [2.24, 2.45) is 5.92 Å². The van der Waals surface area contributed by atoms with Gasteiger partial charge in [-0.25, -0.2) is 4.39 Å². The van der Waals surface area contributed by atoms with Crippen LogP contribution in [0.15, 0.2) is 48.5 Å². The average Bonchev–Trinajstić information content (AvgIpc) is 2.58. The highest BCUT2D eigenvalue weighted by Gasteiger charge is 2.34. The molecule has 0 spiro atoms. The molecule has 0 bridgehead atoms. The number of aliphatic hydroxyl groups is 1. The van der Waals surface area contributed by atoms with Crippen LogP contribution in [0.25, 0.3) is 11.1 Å². The summed E-state index contributed by atoms with van der Waals surface area (Å²) in [5, 5.41) is 10.9. The van der Waals surface area contributed by atoms with Crippen molar-refractivity contribution in [3.63, 3.8) is 0 Å². The van der Waals surface area contributed by atoms with Crippen molar-refractivity contribution in [1.29, 1.82) is 0 Å². The van der Waals surface area contributed by atoms with E-state index in [0.29, 0.717) is 11.5 Å². The summed E-state index contributed by atoms with van der Waals surface area (Å²) in [4.78, 5) is 0. The lowest BCUT2D eigenvalue weighted by Gasteiger charge is -2.36. The highest BCUT2D eigenvalue weighted by molar-refractivity contribution is 5.64. The Morgan fingerprint density at radius 2 is 1.78 bits per heavy atom. The van der Waals surface area contributed by atoms with Crippen LogP contribution < -0.4 is 0 Å². The predicted octanol–water partition coefficient (Wildman–Crippen LogP) is 5.67. The third-order valence-corrected chi connectivity index (χ3v) is 5.22. The molecule has 1 fully saturated rings. The molecule has 0 heterocycles. The third kappa shape index (κ3) is 3.48. The first-order valence-electron chi connectivity index (χ1n) is 8.70. The maximum atomic E-state index is 14.5. The van der Waals surface area contributed by atoms with Gasteiger partial charge in [-0.2, -0.15) is 0 Å². The Balaban J connectivity index is 1.81. The first kappa shape index (κ1) is 16.2. The molecule has 1 N–H and O–H groups in total. The van der Waals surface area contributed by atoms with Gasteiger partial charge >= 0.3 is 0 Å². The van der Waals surface area contributed by atoms with Crippen LogP contribution in [0, 0.1) is 11.7 Å². The smallest absolute Gasteiger partial charge is 0.131 e. The summed E-state index contributed by atoms with van der Waals surface area (Å²) >= 11 is 0. The van der Waals surface area contributed by atoms with Gasteiger partial charge in [0.1, 0.15) is 5.82 Å². The first-order chi connectivity index (χ1) is 11.1. The fourth-order valence-electron chi connectivity index (χ4n) is 3.80. The molecule has 2 aromatic rings. The largest absolute Gasteiger partial charge is 0.385 e. The van der Waals surface area contributed by atoms with E-state index in [-0.39, 0.29) is 5.82 Å². The highest BCUT2D eigenvalue weighted by atomic mass is 19.1. The maximum Gasteiger partial charge on any atom is 0.131 e. The molecular weight excluding hydrogens is 287 g/mol. The average molecular weight is 312 g/mol. The number of hydrogen-bond acceptors (Lipinski definition) is 1. The molecule has 1 aliphatic carbocycles. The lowest BCUT2D eigenvalue weighted by molar-refractivity contribution is -0.0154. The van der Waals surface area contributed by atoms with E-state index >= 15 is 0 Å². The van der Waals surface area contributed by atoms with Crippen LogP contribution in [0.2, 0.25) is 0 Å². The van der Waals surface area contributed by atoms with Crippen LogP contribution in [0.4, 0.5) is 4.39 Å². The van der Waals surface area contributed by atoms with E-state index in [1.807, 2.05) is 36.4 Å². The summed E-state index contributed by atoms with van der Waals surface area (Å²) < 4.78 is 14.5. The quantitative estimate of drug-likeness (QED) is 0.771. The molecule has 0 radical (unpaired) electrons. The van der Waals surface area contributed by atoms with Gasteiger partial charge < -0.3 is 5.11 Å². The zero-order valence-corrected chi connectivity index (χ0v) is 13.8. The van der Waals surface area contributed by atoms with Crippen molar-refractivity contribution in [3.8, 4) is 11.1 Å². The van der Waals surface area contributed by atoms with Crippen molar-refractivity contribution in [1.82, 2.24) is 0 Å². The Morgan fingerprint density at radius 3 is 2.39 bits per heavy atom. The molecule has 3 rings (SSSR count). The molecule has 0 saturated heterocycles.